The van der Waals surface area contributed by atoms with Crippen LogP contribution in [0.2, 0.25) is 0 Å². The molecule has 6 N–H and O–H groups in total. The second kappa shape index (κ2) is 7.55. The van der Waals surface area contributed by atoms with E-state index in [-0.39, 0.29) is 37.1 Å². The van der Waals surface area contributed by atoms with E-state index in [4.69, 9.17) is 25.8 Å². The van der Waals surface area contributed by atoms with Crippen LogP contribution in [0.15, 0.2) is 11.1 Å². The fraction of sp³-hybridized carbons (Fsp3) is 0.500. The maximum Gasteiger partial charge on any atom is 0.280 e. The molecule has 0 saturated carbocycles. The number of rotatable bonds is 5. The zero-order valence-electron chi connectivity index (χ0n) is 10.9. The Morgan fingerprint density at radius 2 is 2.10 bits per heavy atom. The van der Waals surface area contributed by atoms with Crippen molar-refractivity contribution in [3.63, 3.8) is 0 Å². The van der Waals surface area contributed by atoms with E-state index < -0.39 is 11.7 Å². The fourth-order valence-corrected chi connectivity index (χ4v) is 1.41. The minimum absolute atomic E-state index is 0.00181. The molecule has 0 aliphatic carbocycles. The summed E-state index contributed by atoms with van der Waals surface area (Å²) < 4.78 is 6.66. The highest BCUT2D eigenvalue weighted by Gasteiger charge is 2.11. The van der Waals surface area contributed by atoms with E-state index in [0.29, 0.717) is 0 Å². The molecule has 0 aliphatic heterocycles. The lowest BCUT2D eigenvalue weighted by molar-refractivity contribution is -0.0488. The number of nitrogens with two attached hydrogens (primary N) is 1. The van der Waals surface area contributed by atoms with Crippen LogP contribution < -0.4 is 11.3 Å². The molecule has 0 unspecified atom stereocenters. The normalized spacial score (nSPS) is 10.7. The van der Waals surface area contributed by atoms with Gasteiger partial charge in [0.05, 0.1) is 19.5 Å². The van der Waals surface area contributed by atoms with Crippen molar-refractivity contribution in [2.45, 2.75) is 12.8 Å². The van der Waals surface area contributed by atoms with Crippen molar-refractivity contribution in [2.75, 3.05) is 26.1 Å². The second-order valence-corrected chi connectivity index (χ2v) is 3.62. The molecule has 0 aliphatic rings. The molecule has 2 aromatic heterocycles. The van der Waals surface area contributed by atoms with E-state index in [1.54, 1.807) is 0 Å². The van der Waals surface area contributed by atoms with Gasteiger partial charge in [0.2, 0.25) is 5.95 Å². The van der Waals surface area contributed by atoms with E-state index in [2.05, 4.69) is 15.0 Å². The third-order valence-corrected chi connectivity index (χ3v) is 2.35. The number of ether oxygens (including phenoxy) is 1. The van der Waals surface area contributed by atoms with E-state index in [1.165, 1.54) is 10.9 Å². The minimum Gasteiger partial charge on any atom is -0.400 e. The van der Waals surface area contributed by atoms with Gasteiger partial charge in [-0.05, 0) is 0 Å². The smallest absolute Gasteiger partial charge is 0.280 e. The highest BCUT2D eigenvalue weighted by atomic mass is 16.5. The van der Waals surface area contributed by atoms with Gasteiger partial charge in [0.25, 0.3) is 5.56 Å². The summed E-state index contributed by atoms with van der Waals surface area (Å²) in [5.41, 5.74) is 5.43. The first-order valence-corrected chi connectivity index (χ1v) is 5.64. The Morgan fingerprint density at radius 1 is 1.45 bits per heavy atom. The number of imidazole rings is 1. The minimum atomic E-state index is -0.693. The molecular weight excluding hydrogens is 270 g/mol. The first-order valence-electron chi connectivity index (χ1n) is 5.64. The third-order valence-electron chi connectivity index (χ3n) is 2.35. The lowest BCUT2D eigenvalue weighted by atomic mass is 10.4. The zero-order valence-corrected chi connectivity index (χ0v) is 10.9. The van der Waals surface area contributed by atoms with Crippen molar-refractivity contribution in [3.8, 4) is 0 Å². The molecule has 0 spiro atoms. The Hall–Kier alpha value is -2.01. The number of aromatic nitrogens is 4. The fourth-order valence-electron chi connectivity index (χ4n) is 1.41. The molecular formula is C10H17N5O5. The topological polar surface area (TPSA) is 160 Å². The van der Waals surface area contributed by atoms with Gasteiger partial charge in [-0.25, -0.2) is 4.98 Å². The molecule has 2 rings (SSSR count). The summed E-state index contributed by atoms with van der Waals surface area (Å²) >= 11 is 0. The average Bonchev–Trinajstić information content (AvgIpc) is 2.85. The molecule has 0 atom stereocenters. The van der Waals surface area contributed by atoms with Crippen molar-refractivity contribution in [1.29, 1.82) is 0 Å². The maximum atomic E-state index is 11.5. The standard InChI is InChI=1S/C9H13N5O4.CH4O/c10-9-12-7-6(8(17)13-9)11-3-14(7)4-18-5(1-15)2-16;1-2/h3,5,15-16H,1-2,4H2,(H3,10,12,13,17);2H,1H3. The van der Waals surface area contributed by atoms with Crippen LogP contribution in [0.4, 0.5) is 5.95 Å². The predicted octanol–water partition coefficient (Wildman–Crippen LogP) is -2.36. The highest BCUT2D eigenvalue weighted by Crippen LogP contribution is 2.07. The van der Waals surface area contributed by atoms with Crippen LogP contribution in [-0.4, -0.2) is 61.3 Å². The predicted molar refractivity (Wildman–Crippen MR) is 69.7 cm³/mol. The number of hydrogen-bond acceptors (Lipinski definition) is 8. The molecule has 10 nitrogen and oxygen atoms in total. The summed E-state index contributed by atoms with van der Waals surface area (Å²) in [4.78, 5) is 21.6. The summed E-state index contributed by atoms with van der Waals surface area (Å²) in [5.74, 6) is -0.0184. The van der Waals surface area contributed by atoms with Gasteiger partial charge in [-0.2, -0.15) is 4.98 Å². The molecule has 2 aromatic rings. The zero-order chi connectivity index (χ0) is 15.1. The number of aliphatic hydroxyl groups is 3. The van der Waals surface area contributed by atoms with Gasteiger partial charge in [-0.15, -0.1) is 0 Å². The van der Waals surface area contributed by atoms with Crippen molar-refractivity contribution >= 4 is 17.1 Å². The summed E-state index contributed by atoms with van der Waals surface area (Å²) in [6.07, 6.45) is 0.680. The number of hydrogen-bond donors (Lipinski definition) is 5. The van der Waals surface area contributed by atoms with Crippen LogP contribution in [-0.2, 0) is 11.5 Å². The van der Waals surface area contributed by atoms with Gasteiger partial charge in [-0.3, -0.25) is 14.3 Å². The number of aliphatic hydroxyl groups excluding tert-OH is 3. The molecule has 0 radical (unpaired) electrons. The third kappa shape index (κ3) is 3.51. The van der Waals surface area contributed by atoms with Gasteiger partial charge in [0, 0.05) is 7.11 Å². The van der Waals surface area contributed by atoms with E-state index in [9.17, 15) is 4.79 Å². The number of aromatic amines is 1. The van der Waals surface area contributed by atoms with Crippen LogP contribution in [0.1, 0.15) is 0 Å². The van der Waals surface area contributed by atoms with Crippen LogP contribution in [0.3, 0.4) is 0 Å². The molecule has 0 amide bonds. The van der Waals surface area contributed by atoms with E-state index in [0.717, 1.165) is 7.11 Å². The number of nitrogen functional groups attached to an aromatic ring is 1. The number of fused-ring (bicyclic) bond motifs is 1. The van der Waals surface area contributed by atoms with E-state index >= 15 is 0 Å². The largest absolute Gasteiger partial charge is 0.400 e. The Bertz CT molecular complexity index is 591. The molecule has 112 valence electrons. The second-order valence-electron chi connectivity index (χ2n) is 3.62. The number of H-pyrrole nitrogens is 1. The van der Waals surface area contributed by atoms with Crippen LogP contribution in [0.5, 0.6) is 0 Å². The molecule has 2 heterocycles. The number of nitrogens with zero attached hydrogens (tertiary/aromatic N) is 3. The Balaban J connectivity index is 0.000000956. The Morgan fingerprint density at radius 3 is 2.70 bits per heavy atom. The first kappa shape index (κ1) is 16.0. The average molecular weight is 287 g/mol. The highest BCUT2D eigenvalue weighted by molar-refractivity contribution is 5.70. The lowest BCUT2D eigenvalue weighted by Crippen LogP contribution is -2.23. The summed E-state index contributed by atoms with van der Waals surface area (Å²) in [6, 6.07) is 0. The van der Waals surface area contributed by atoms with Gasteiger partial charge in [0.15, 0.2) is 11.2 Å². The summed E-state index contributed by atoms with van der Waals surface area (Å²) in [7, 11) is 1.00. The maximum absolute atomic E-state index is 11.5. The molecule has 0 bridgehead atoms. The molecule has 20 heavy (non-hydrogen) atoms. The Labute approximate surface area is 113 Å². The van der Waals surface area contributed by atoms with Crippen LogP contribution in [0.25, 0.3) is 11.2 Å². The van der Waals surface area contributed by atoms with Crippen LogP contribution in [0, 0.1) is 0 Å². The summed E-state index contributed by atoms with van der Waals surface area (Å²) in [5, 5.41) is 24.7. The van der Waals surface area contributed by atoms with Gasteiger partial charge in [0.1, 0.15) is 12.8 Å². The number of nitrogens with one attached hydrogen (secondary N) is 1. The molecule has 0 aromatic carbocycles. The van der Waals surface area contributed by atoms with Gasteiger partial charge >= 0.3 is 0 Å². The van der Waals surface area contributed by atoms with Gasteiger partial charge < -0.3 is 25.8 Å². The molecule has 0 fully saturated rings. The number of anilines is 1. The first-order chi connectivity index (χ1) is 9.65. The van der Waals surface area contributed by atoms with Crippen molar-refractivity contribution < 1.29 is 20.1 Å². The molecule has 10 heteroatoms. The Kier molecular flexibility index (Phi) is 6.06. The van der Waals surface area contributed by atoms with Crippen molar-refractivity contribution in [1.82, 2.24) is 19.5 Å². The van der Waals surface area contributed by atoms with E-state index in [1.807, 2.05) is 0 Å². The quantitative estimate of drug-likeness (QED) is 0.408. The summed E-state index contributed by atoms with van der Waals surface area (Å²) in [6.45, 7) is -0.614. The van der Waals surface area contributed by atoms with Crippen molar-refractivity contribution in [2.24, 2.45) is 0 Å². The lowest BCUT2D eigenvalue weighted by Gasteiger charge is -2.12. The SMILES string of the molecule is CO.Nc1nc2c(ncn2COC(CO)CO)c(=O)[nH]1. The molecule has 0 saturated heterocycles. The van der Waals surface area contributed by atoms with Gasteiger partial charge in [-0.1, -0.05) is 0 Å². The van der Waals surface area contributed by atoms with Crippen molar-refractivity contribution in [3.05, 3.63) is 16.7 Å². The van der Waals surface area contributed by atoms with Crippen LogP contribution >= 0.6 is 0 Å². The monoisotopic (exact) mass is 287 g/mol.